The van der Waals surface area contributed by atoms with Gasteiger partial charge in [0.1, 0.15) is 0 Å². The summed E-state index contributed by atoms with van der Waals surface area (Å²) in [5, 5.41) is 8.60. The molecule has 5 heteroatoms. The lowest BCUT2D eigenvalue weighted by atomic mass is 10.00. The van der Waals surface area contributed by atoms with E-state index < -0.39 is 0 Å². The largest absolute Gasteiger partial charge is 0.314 e. The summed E-state index contributed by atoms with van der Waals surface area (Å²) >= 11 is 6.30. The van der Waals surface area contributed by atoms with E-state index in [0.29, 0.717) is 0 Å². The first-order valence-corrected chi connectivity index (χ1v) is 6.43. The minimum atomic E-state index is 0.166. The number of aromatic nitrogens is 2. The SMILES string of the molecule is Cc1nn(C)c(CN2CCNCC2(C)C)c1Cl. The van der Waals surface area contributed by atoms with Crippen LogP contribution in [-0.2, 0) is 13.6 Å². The van der Waals surface area contributed by atoms with Gasteiger partial charge in [-0.1, -0.05) is 11.6 Å². The maximum Gasteiger partial charge on any atom is 0.0860 e. The fourth-order valence-electron chi connectivity index (χ4n) is 2.35. The van der Waals surface area contributed by atoms with Crippen molar-refractivity contribution < 1.29 is 0 Å². The molecule has 96 valence electrons. The molecule has 1 saturated heterocycles. The zero-order valence-corrected chi connectivity index (χ0v) is 11.8. The zero-order chi connectivity index (χ0) is 12.6. The highest BCUT2D eigenvalue weighted by Crippen LogP contribution is 2.25. The quantitative estimate of drug-likeness (QED) is 0.872. The van der Waals surface area contributed by atoms with Gasteiger partial charge in [-0.2, -0.15) is 5.10 Å². The predicted molar refractivity (Wildman–Crippen MR) is 70.3 cm³/mol. The molecular weight excluding hydrogens is 236 g/mol. The third-order valence-electron chi connectivity index (χ3n) is 3.57. The van der Waals surface area contributed by atoms with Crippen molar-refractivity contribution in [2.24, 2.45) is 7.05 Å². The van der Waals surface area contributed by atoms with Crippen molar-refractivity contribution >= 4 is 11.6 Å². The molecule has 2 rings (SSSR count). The number of hydrogen-bond acceptors (Lipinski definition) is 3. The summed E-state index contributed by atoms with van der Waals surface area (Å²) in [6, 6.07) is 0. The van der Waals surface area contributed by atoms with Gasteiger partial charge in [-0.3, -0.25) is 9.58 Å². The van der Waals surface area contributed by atoms with E-state index in [4.69, 9.17) is 11.6 Å². The first-order chi connectivity index (χ1) is 7.92. The van der Waals surface area contributed by atoms with E-state index >= 15 is 0 Å². The van der Waals surface area contributed by atoms with Crippen LogP contribution in [0.5, 0.6) is 0 Å². The van der Waals surface area contributed by atoms with E-state index in [1.807, 2.05) is 18.7 Å². The lowest BCUT2D eigenvalue weighted by Gasteiger charge is -2.42. The molecule has 0 aliphatic carbocycles. The Balaban J connectivity index is 2.20. The van der Waals surface area contributed by atoms with Crippen LogP contribution in [0.3, 0.4) is 0 Å². The van der Waals surface area contributed by atoms with Gasteiger partial charge in [0.15, 0.2) is 0 Å². The predicted octanol–water partition coefficient (Wildman–Crippen LogP) is 1.57. The molecule has 1 aliphatic rings. The Morgan fingerprint density at radius 1 is 1.47 bits per heavy atom. The molecule has 0 radical (unpaired) electrons. The van der Waals surface area contributed by atoms with Crippen molar-refractivity contribution in [1.29, 1.82) is 0 Å². The van der Waals surface area contributed by atoms with Crippen molar-refractivity contribution in [2.75, 3.05) is 19.6 Å². The molecule has 17 heavy (non-hydrogen) atoms. The van der Waals surface area contributed by atoms with E-state index in [9.17, 15) is 0 Å². The molecule has 2 heterocycles. The van der Waals surface area contributed by atoms with E-state index in [0.717, 1.165) is 42.6 Å². The van der Waals surface area contributed by atoms with Crippen molar-refractivity contribution in [3.05, 3.63) is 16.4 Å². The average Bonchev–Trinajstić information content (AvgIpc) is 2.47. The van der Waals surface area contributed by atoms with Crippen molar-refractivity contribution in [1.82, 2.24) is 20.0 Å². The molecule has 1 aromatic heterocycles. The lowest BCUT2D eigenvalue weighted by Crippen LogP contribution is -2.57. The minimum absolute atomic E-state index is 0.166. The maximum atomic E-state index is 6.30. The van der Waals surface area contributed by atoms with Gasteiger partial charge in [0, 0.05) is 38.8 Å². The Kier molecular flexibility index (Phi) is 3.48. The molecule has 0 atom stereocenters. The van der Waals surface area contributed by atoms with Gasteiger partial charge in [-0.05, 0) is 20.8 Å². The third-order valence-corrected chi connectivity index (χ3v) is 4.07. The molecule has 4 nitrogen and oxygen atoms in total. The third kappa shape index (κ3) is 2.49. The van der Waals surface area contributed by atoms with Gasteiger partial charge in [0.2, 0.25) is 0 Å². The highest BCUT2D eigenvalue weighted by Gasteiger charge is 2.30. The van der Waals surface area contributed by atoms with E-state index in [2.05, 4.69) is 29.2 Å². The van der Waals surface area contributed by atoms with Crippen LogP contribution in [0.25, 0.3) is 0 Å². The molecule has 0 spiro atoms. The Hall–Kier alpha value is -0.580. The highest BCUT2D eigenvalue weighted by atomic mass is 35.5. The van der Waals surface area contributed by atoms with Gasteiger partial charge in [0.25, 0.3) is 0 Å². The summed E-state index contributed by atoms with van der Waals surface area (Å²) in [6.07, 6.45) is 0. The Morgan fingerprint density at radius 3 is 2.71 bits per heavy atom. The van der Waals surface area contributed by atoms with E-state index in [-0.39, 0.29) is 5.54 Å². The second-order valence-electron chi connectivity index (χ2n) is 5.38. The van der Waals surface area contributed by atoms with Gasteiger partial charge in [-0.15, -0.1) is 0 Å². The van der Waals surface area contributed by atoms with Crippen molar-refractivity contribution in [2.45, 2.75) is 32.9 Å². The van der Waals surface area contributed by atoms with Crippen LogP contribution in [0.15, 0.2) is 0 Å². The fraction of sp³-hybridized carbons (Fsp3) is 0.750. The van der Waals surface area contributed by atoms with Crippen molar-refractivity contribution in [3.8, 4) is 0 Å². The summed E-state index contributed by atoms with van der Waals surface area (Å²) in [4.78, 5) is 2.46. The van der Waals surface area contributed by atoms with E-state index in [1.165, 1.54) is 0 Å². The Bertz CT molecular complexity index is 411. The smallest absolute Gasteiger partial charge is 0.0860 e. The minimum Gasteiger partial charge on any atom is -0.314 e. The van der Waals surface area contributed by atoms with Crippen LogP contribution >= 0.6 is 11.6 Å². The number of rotatable bonds is 2. The van der Waals surface area contributed by atoms with Gasteiger partial charge >= 0.3 is 0 Å². The molecule has 1 aromatic rings. The summed E-state index contributed by atoms with van der Waals surface area (Å²) in [5.41, 5.74) is 2.19. The van der Waals surface area contributed by atoms with Crippen LogP contribution in [0, 0.1) is 6.92 Å². The van der Waals surface area contributed by atoms with Crippen LogP contribution in [0.4, 0.5) is 0 Å². The van der Waals surface area contributed by atoms with Crippen molar-refractivity contribution in [3.63, 3.8) is 0 Å². The van der Waals surface area contributed by atoms with Gasteiger partial charge in [0.05, 0.1) is 16.4 Å². The standard InChI is InChI=1S/C12H21ClN4/c1-9-11(13)10(16(4)15-9)7-17-6-5-14-8-12(17,2)3/h14H,5-8H2,1-4H3. The van der Waals surface area contributed by atoms with Crippen LogP contribution in [-0.4, -0.2) is 39.9 Å². The molecule has 1 aliphatic heterocycles. The number of aryl methyl sites for hydroxylation is 2. The molecular formula is C12H21ClN4. The second kappa shape index (κ2) is 4.59. The number of halogens is 1. The van der Waals surface area contributed by atoms with Crippen LogP contribution in [0.1, 0.15) is 25.2 Å². The van der Waals surface area contributed by atoms with E-state index in [1.54, 1.807) is 0 Å². The highest BCUT2D eigenvalue weighted by molar-refractivity contribution is 6.31. The Morgan fingerprint density at radius 2 is 2.18 bits per heavy atom. The molecule has 0 bridgehead atoms. The number of nitrogens with zero attached hydrogens (tertiary/aromatic N) is 3. The number of hydrogen-bond donors (Lipinski definition) is 1. The normalized spacial score (nSPS) is 20.8. The topological polar surface area (TPSA) is 33.1 Å². The first kappa shape index (κ1) is 12.9. The number of nitrogens with one attached hydrogen (secondary N) is 1. The summed E-state index contributed by atoms with van der Waals surface area (Å²) in [7, 11) is 1.96. The number of piperazine rings is 1. The molecule has 0 aromatic carbocycles. The summed E-state index contributed by atoms with van der Waals surface area (Å²) in [5.74, 6) is 0. The summed E-state index contributed by atoms with van der Waals surface area (Å²) < 4.78 is 1.90. The van der Waals surface area contributed by atoms with Crippen LogP contribution in [0.2, 0.25) is 5.02 Å². The summed E-state index contributed by atoms with van der Waals surface area (Å²) in [6.45, 7) is 10.4. The average molecular weight is 257 g/mol. The van der Waals surface area contributed by atoms with Gasteiger partial charge < -0.3 is 5.32 Å². The van der Waals surface area contributed by atoms with Crippen LogP contribution < -0.4 is 5.32 Å². The monoisotopic (exact) mass is 256 g/mol. The van der Waals surface area contributed by atoms with Gasteiger partial charge in [-0.25, -0.2) is 0 Å². The molecule has 1 fully saturated rings. The molecule has 1 N–H and O–H groups in total. The lowest BCUT2D eigenvalue weighted by molar-refractivity contribution is 0.0802. The Labute approximate surface area is 108 Å². The fourth-order valence-corrected chi connectivity index (χ4v) is 2.57. The molecule has 0 unspecified atom stereocenters. The molecule has 0 amide bonds. The molecule has 0 saturated carbocycles. The maximum absolute atomic E-state index is 6.30. The second-order valence-corrected chi connectivity index (χ2v) is 5.76. The first-order valence-electron chi connectivity index (χ1n) is 6.05. The zero-order valence-electron chi connectivity index (χ0n) is 11.0.